The monoisotopic (exact) mass is 342 g/mol. The molecule has 0 aliphatic carbocycles. The topological polar surface area (TPSA) is 84.7 Å². The van der Waals surface area contributed by atoms with Crippen molar-refractivity contribution in [3.05, 3.63) is 41.7 Å². The first-order valence-corrected chi connectivity index (χ1v) is 9.12. The van der Waals surface area contributed by atoms with E-state index < -0.39 is 0 Å². The van der Waals surface area contributed by atoms with Crippen LogP contribution in [0.2, 0.25) is 0 Å². The highest BCUT2D eigenvalue weighted by Crippen LogP contribution is 2.23. The largest absolute Gasteiger partial charge is 0.330 e. The molecule has 7 heteroatoms. The Labute approximate surface area is 148 Å². The molecule has 2 aromatic heterocycles. The maximum Gasteiger partial charge on any atom is 0.315 e. The van der Waals surface area contributed by atoms with Gasteiger partial charge in [0.05, 0.1) is 17.8 Å². The number of hydrogen-bond acceptors (Lipinski definition) is 4. The van der Waals surface area contributed by atoms with Gasteiger partial charge in [0, 0.05) is 19.2 Å². The van der Waals surface area contributed by atoms with Crippen LogP contribution in [0.25, 0.3) is 0 Å². The van der Waals surface area contributed by atoms with Crippen LogP contribution in [0.15, 0.2) is 24.4 Å². The number of nitrogens with one attached hydrogen (secondary N) is 2. The molecule has 134 valence electrons. The molecule has 7 nitrogen and oxygen atoms in total. The highest BCUT2D eigenvalue weighted by molar-refractivity contribution is 5.74. The smallest absolute Gasteiger partial charge is 0.315 e. The third-order valence-corrected chi connectivity index (χ3v) is 4.47. The third-order valence-electron chi connectivity index (χ3n) is 4.47. The van der Waals surface area contributed by atoms with E-state index in [1.807, 2.05) is 29.8 Å². The lowest BCUT2D eigenvalue weighted by atomic mass is 10.1. The van der Waals surface area contributed by atoms with E-state index in [-0.39, 0.29) is 18.1 Å². The third kappa shape index (κ3) is 4.15. The molecule has 0 fully saturated rings. The van der Waals surface area contributed by atoms with Gasteiger partial charge < -0.3 is 10.6 Å². The van der Waals surface area contributed by atoms with Crippen molar-refractivity contribution in [3.8, 4) is 0 Å². The van der Waals surface area contributed by atoms with Gasteiger partial charge in [-0.3, -0.25) is 4.98 Å². The molecule has 3 rings (SSSR count). The molecular formula is C18H26N6O. The Balaban J connectivity index is 1.67. The average molecular weight is 342 g/mol. The second-order valence-corrected chi connectivity index (χ2v) is 6.37. The maximum absolute atomic E-state index is 12.5. The van der Waals surface area contributed by atoms with Crippen molar-refractivity contribution in [1.82, 2.24) is 30.4 Å². The second-order valence-electron chi connectivity index (χ2n) is 6.37. The van der Waals surface area contributed by atoms with Crippen molar-refractivity contribution >= 4 is 6.03 Å². The number of aryl methyl sites for hydroxylation is 2. The number of carbonyl (C=O) groups is 1. The molecule has 2 aromatic rings. The number of urea groups is 1. The van der Waals surface area contributed by atoms with Gasteiger partial charge in [0.15, 0.2) is 5.82 Å². The normalized spacial score (nSPS) is 17.6. The minimum Gasteiger partial charge on any atom is -0.330 e. The van der Waals surface area contributed by atoms with Crippen LogP contribution in [0.3, 0.4) is 0 Å². The molecule has 0 aromatic carbocycles. The predicted molar refractivity (Wildman–Crippen MR) is 94.9 cm³/mol. The zero-order chi connectivity index (χ0) is 17.6. The van der Waals surface area contributed by atoms with Crippen LogP contribution < -0.4 is 10.6 Å². The van der Waals surface area contributed by atoms with Crippen LogP contribution in [-0.2, 0) is 13.0 Å². The van der Waals surface area contributed by atoms with Crippen molar-refractivity contribution in [3.63, 3.8) is 0 Å². The SMILES string of the molecule is CCC[C@@H](NC(=O)N[C@@H]1CCCn2nc(CC)nc21)c1ccccn1. The molecular weight excluding hydrogens is 316 g/mol. The van der Waals surface area contributed by atoms with Gasteiger partial charge >= 0.3 is 6.03 Å². The summed E-state index contributed by atoms with van der Waals surface area (Å²) in [6, 6.07) is 5.42. The Bertz CT molecular complexity index is 699. The van der Waals surface area contributed by atoms with Gasteiger partial charge in [-0.25, -0.2) is 14.5 Å². The lowest BCUT2D eigenvalue weighted by molar-refractivity contribution is 0.228. The summed E-state index contributed by atoms with van der Waals surface area (Å²) in [5.74, 6) is 1.70. The molecule has 3 heterocycles. The molecule has 0 spiro atoms. The summed E-state index contributed by atoms with van der Waals surface area (Å²) in [6.07, 6.45) is 6.26. The summed E-state index contributed by atoms with van der Waals surface area (Å²) in [6.45, 7) is 5.01. The fourth-order valence-electron chi connectivity index (χ4n) is 3.21. The molecule has 2 amide bonds. The predicted octanol–water partition coefficient (Wildman–Crippen LogP) is 2.91. The van der Waals surface area contributed by atoms with Crippen LogP contribution >= 0.6 is 0 Å². The van der Waals surface area contributed by atoms with E-state index in [4.69, 9.17) is 0 Å². The molecule has 1 aliphatic heterocycles. The minimum absolute atomic E-state index is 0.0844. The van der Waals surface area contributed by atoms with Crippen LogP contribution in [0, 0.1) is 0 Å². The molecule has 0 radical (unpaired) electrons. The Hall–Kier alpha value is -2.44. The number of rotatable bonds is 6. The Morgan fingerprint density at radius 2 is 2.28 bits per heavy atom. The highest BCUT2D eigenvalue weighted by atomic mass is 16.2. The van der Waals surface area contributed by atoms with Gasteiger partial charge in [-0.2, -0.15) is 5.10 Å². The molecule has 0 bridgehead atoms. The zero-order valence-corrected chi connectivity index (χ0v) is 14.9. The molecule has 25 heavy (non-hydrogen) atoms. The number of aromatic nitrogens is 4. The van der Waals surface area contributed by atoms with Gasteiger partial charge in [0.2, 0.25) is 0 Å². The molecule has 1 aliphatic rings. The Morgan fingerprint density at radius 1 is 1.40 bits per heavy atom. The van der Waals surface area contributed by atoms with Gasteiger partial charge in [-0.1, -0.05) is 26.3 Å². The summed E-state index contributed by atoms with van der Waals surface area (Å²) in [4.78, 5) is 21.5. The number of fused-ring (bicyclic) bond motifs is 1. The van der Waals surface area contributed by atoms with E-state index in [1.54, 1.807) is 6.20 Å². The molecule has 0 saturated heterocycles. The van der Waals surface area contributed by atoms with Gasteiger partial charge in [0.1, 0.15) is 5.82 Å². The van der Waals surface area contributed by atoms with Crippen molar-refractivity contribution in [2.24, 2.45) is 0 Å². The average Bonchev–Trinajstić information content (AvgIpc) is 3.06. The Kier molecular flexibility index (Phi) is 5.63. The van der Waals surface area contributed by atoms with E-state index in [1.165, 1.54) is 0 Å². The second kappa shape index (κ2) is 8.09. The first-order valence-electron chi connectivity index (χ1n) is 9.12. The number of carbonyl (C=O) groups excluding carboxylic acids is 1. The minimum atomic E-state index is -0.177. The molecule has 2 atom stereocenters. The van der Waals surface area contributed by atoms with Gasteiger partial charge in [-0.15, -0.1) is 0 Å². The maximum atomic E-state index is 12.5. The first kappa shape index (κ1) is 17.4. The van der Waals surface area contributed by atoms with Crippen LogP contribution in [0.4, 0.5) is 4.79 Å². The standard InChI is InChI=1S/C18H26N6O/c1-3-8-14(13-9-5-6-11-19-13)20-18(25)21-15-10-7-12-24-17(15)22-16(4-2)23-24/h5-6,9,11,14-15H,3-4,7-8,10,12H2,1-2H3,(H2,20,21,25)/t14-,15-/m1/s1. The quantitative estimate of drug-likeness (QED) is 0.845. The van der Waals surface area contributed by atoms with E-state index in [2.05, 4.69) is 32.6 Å². The summed E-state index contributed by atoms with van der Waals surface area (Å²) < 4.78 is 1.93. The fraction of sp³-hybridized carbons (Fsp3) is 0.556. The summed E-state index contributed by atoms with van der Waals surface area (Å²) in [7, 11) is 0. The van der Waals surface area contributed by atoms with E-state index in [0.717, 1.165) is 56.0 Å². The van der Waals surface area contributed by atoms with Crippen molar-refractivity contribution in [1.29, 1.82) is 0 Å². The zero-order valence-electron chi connectivity index (χ0n) is 14.9. The van der Waals surface area contributed by atoms with Crippen molar-refractivity contribution in [2.75, 3.05) is 0 Å². The van der Waals surface area contributed by atoms with E-state index >= 15 is 0 Å². The van der Waals surface area contributed by atoms with Crippen LogP contribution in [0.1, 0.15) is 69.0 Å². The highest BCUT2D eigenvalue weighted by Gasteiger charge is 2.26. The molecule has 2 N–H and O–H groups in total. The number of amides is 2. The fourth-order valence-corrected chi connectivity index (χ4v) is 3.21. The van der Waals surface area contributed by atoms with Crippen LogP contribution in [0.5, 0.6) is 0 Å². The van der Waals surface area contributed by atoms with Crippen LogP contribution in [-0.4, -0.2) is 25.8 Å². The van der Waals surface area contributed by atoms with Crippen molar-refractivity contribution in [2.45, 2.75) is 64.6 Å². The van der Waals surface area contributed by atoms with E-state index in [9.17, 15) is 4.79 Å². The lowest BCUT2D eigenvalue weighted by Crippen LogP contribution is -2.42. The summed E-state index contributed by atoms with van der Waals surface area (Å²) in [5.41, 5.74) is 0.889. The summed E-state index contributed by atoms with van der Waals surface area (Å²) in [5, 5.41) is 10.6. The number of hydrogen-bond donors (Lipinski definition) is 2. The van der Waals surface area contributed by atoms with Gasteiger partial charge in [-0.05, 0) is 31.4 Å². The van der Waals surface area contributed by atoms with E-state index in [0.29, 0.717) is 0 Å². The molecule has 0 saturated carbocycles. The Morgan fingerprint density at radius 3 is 3.00 bits per heavy atom. The number of pyridine rings is 1. The van der Waals surface area contributed by atoms with Gasteiger partial charge in [0.25, 0.3) is 0 Å². The number of nitrogens with zero attached hydrogens (tertiary/aromatic N) is 4. The summed E-state index contributed by atoms with van der Waals surface area (Å²) >= 11 is 0. The van der Waals surface area contributed by atoms with Crippen molar-refractivity contribution < 1.29 is 4.79 Å². The first-order chi connectivity index (χ1) is 12.2. The lowest BCUT2D eigenvalue weighted by Gasteiger charge is -2.25. The molecule has 0 unspecified atom stereocenters.